The number of pyridine rings is 1. The van der Waals surface area contributed by atoms with E-state index >= 15 is 0 Å². The Kier molecular flexibility index (Phi) is 3.10. The molecular weight excluding hydrogens is 274 g/mol. The van der Waals surface area contributed by atoms with E-state index in [2.05, 4.69) is 23.3 Å². The number of aromatic nitrogens is 1. The van der Waals surface area contributed by atoms with Crippen molar-refractivity contribution in [2.24, 2.45) is 0 Å². The molecule has 2 heterocycles. The van der Waals surface area contributed by atoms with Crippen LogP contribution in [-0.2, 0) is 6.42 Å². The van der Waals surface area contributed by atoms with Gasteiger partial charge in [0, 0.05) is 17.8 Å². The van der Waals surface area contributed by atoms with Crippen LogP contribution in [0.2, 0.25) is 0 Å². The molecule has 2 aliphatic rings. The number of para-hydroxylation sites is 1. The largest absolute Gasteiger partial charge is 0.381 e. The van der Waals surface area contributed by atoms with Crippen LogP contribution >= 0.6 is 0 Å². The average Bonchev–Trinajstić information content (AvgIpc) is 3.27. The van der Waals surface area contributed by atoms with Gasteiger partial charge in [-0.3, -0.25) is 4.79 Å². The predicted octanol–water partition coefficient (Wildman–Crippen LogP) is 3.25. The summed E-state index contributed by atoms with van der Waals surface area (Å²) in [5.41, 5.74) is 3.75. The first-order chi connectivity index (χ1) is 10.7. The van der Waals surface area contributed by atoms with Gasteiger partial charge in [-0.05, 0) is 49.9 Å². The summed E-state index contributed by atoms with van der Waals surface area (Å²) in [7, 11) is 0. The van der Waals surface area contributed by atoms with Gasteiger partial charge in [0.15, 0.2) is 0 Å². The molecule has 1 saturated carbocycles. The first-order valence-electron chi connectivity index (χ1n) is 7.86. The summed E-state index contributed by atoms with van der Waals surface area (Å²) < 4.78 is 0. The second-order valence-corrected chi connectivity index (χ2v) is 6.21. The molecule has 4 rings (SSSR count). The molecule has 1 aromatic carbocycles. The first kappa shape index (κ1) is 13.3. The van der Waals surface area contributed by atoms with Gasteiger partial charge in [-0.25, -0.2) is 4.98 Å². The van der Waals surface area contributed by atoms with E-state index in [1.807, 2.05) is 35.2 Å². The predicted molar refractivity (Wildman–Crippen MR) is 87.3 cm³/mol. The number of anilines is 2. The number of benzene rings is 1. The highest BCUT2D eigenvalue weighted by Gasteiger charge is 2.31. The van der Waals surface area contributed by atoms with Crippen LogP contribution in [-0.4, -0.2) is 23.0 Å². The smallest absolute Gasteiger partial charge is 0.277 e. The van der Waals surface area contributed by atoms with Crippen LogP contribution in [0.3, 0.4) is 0 Å². The summed E-state index contributed by atoms with van der Waals surface area (Å²) >= 11 is 0. The molecule has 1 fully saturated rings. The fourth-order valence-corrected chi connectivity index (χ4v) is 3.07. The number of amides is 1. The van der Waals surface area contributed by atoms with Crippen molar-refractivity contribution in [3.63, 3.8) is 0 Å². The van der Waals surface area contributed by atoms with Crippen molar-refractivity contribution in [3.05, 3.63) is 53.9 Å². The maximum Gasteiger partial charge on any atom is 0.277 e. The molecule has 22 heavy (non-hydrogen) atoms. The number of nitrogens with zero attached hydrogens (tertiary/aromatic N) is 2. The van der Waals surface area contributed by atoms with Gasteiger partial charge in [0.25, 0.3) is 5.91 Å². The van der Waals surface area contributed by atoms with Gasteiger partial charge in [-0.15, -0.1) is 0 Å². The molecule has 2 aromatic rings. The molecule has 4 nitrogen and oxygen atoms in total. The Balaban J connectivity index is 1.58. The Morgan fingerprint density at radius 2 is 2.05 bits per heavy atom. The third kappa shape index (κ3) is 2.34. The zero-order valence-corrected chi connectivity index (χ0v) is 12.6. The number of carbonyl (C=O) groups excluding carboxylic acids is 1. The van der Waals surface area contributed by atoms with Crippen molar-refractivity contribution in [2.45, 2.75) is 38.3 Å². The summed E-state index contributed by atoms with van der Waals surface area (Å²) in [5.74, 6) is -0.0181. The van der Waals surface area contributed by atoms with Gasteiger partial charge in [0.05, 0.1) is 11.9 Å². The fraction of sp³-hybridized carbons (Fsp3) is 0.333. The van der Waals surface area contributed by atoms with E-state index in [1.165, 1.54) is 18.4 Å². The average molecular weight is 293 g/mol. The molecule has 0 bridgehead atoms. The SMILES string of the molecule is CC1Cc2ccccc2N1C(=O)c1ccc(NC2CC2)cn1. The first-order valence-corrected chi connectivity index (χ1v) is 7.86. The van der Waals surface area contributed by atoms with Crippen LogP contribution in [0.15, 0.2) is 42.6 Å². The lowest BCUT2D eigenvalue weighted by Crippen LogP contribution is -2.36. The highest BCUT2D eigenvalue weighted by atomic mass is 16.2. The minimum atomic E-state index is -0.0181. The zero-order valence-electron chi connectivity index (χ0n) is 12.6. The molecule has 1 N–H and O–H groups in total. The lowest BCUT2D eigenvalue weighted by atomic mass is 10.1. The second kappa shape index (κ2) is 5.13. The van der Waals surface area contributed by atoms with E-state index in [0.29, 0.717) is 11.7 Å². The van der Waals surface area contributed by atoms with Crippen LogP contribution in [0.5, 0.6) is 0 Å². The van der Waals surface area contributed by atoms with Crippen LogP contribution in [0.4, 0.5) is 11.4 Å². The number of nitrogens with one attached hydrogen (secondary N) is 1. The molecule has 1 unspecified atom stereocenters. The minimum Gasteiger partial charge on any atom is -0.381 e. The van der Waals surface area contributed by atoms with Crippen LogP contribution in [0, 0.1) is 0 Å². The quantitative estimate of drug-likeness (QED) is 0.945. The van der Waals surface area contributed by atoms with Crippen LogP contribution in [0.25, 0.3) is 0 Å². The topological polar surface area (TPSA) is 45.2 Å². The van der Waals surface area contributed by atoms with Crippen molar-refractivity contribution in [1.29, 1.82) is 0 Å². The summed E-state index contributed by atoms with van der Waals surface area (Å²) in [6.45, 7) is 2.08. The highest BCUT2D eigenvalue weighted by molar-refractivity contribution is 6.06. The highest BCUT2D eigenvalue weighted by Crippen LogP contribution is 2.33. The molecule has 0 spiro atoms. The summed E-state index contributed by atoms with van der Waals surface area (Å²) in [6.07, 6.45) is 5.12. The van der Waals surface area contributed by atoms with Crippen molar-refractivity contribution in [2.75, 3.05) is 10.2 Å². The third-order valence-electron chi connectivity index (χ3n) is 4.36. The third-order valence-corrected chi connectivity index (χ3v) is 4.36. The zero-order chi connectivity index (χ0) is 15.1. The monoisotopic (exact) mass is 293 g/mol. The number of fused-ring (bicyclic) bond motifs is 1. The van der Waals surface area contributed by atoms with E-state index in [1.54, 1.807) is 6.20 Å². The van der Waals surface area contributed by atoms with Gasteiger partial charge in [0.2, 0.25) is 0 Å². The van der Waals surface area contributed by atoms with Crippen LogP contribution in [0.1, 0.15) is 35.8 Å². The van der Waals surface area contributed by atoms with Crippen LogP contribution < -0.4 is 10.2 Å². The van der Waals surface area contributed by atoms with Crippen molar-refractivity contribution in [1.82, 2.24) is 4.98 Å². The van der Waals surface area contributed by atoms with Gasteiger partial charge >= 0.3 is 0 Å². The van der Waals surface area contributed by atoms with Crippen molar-refractivity contribution in [3.8, 4) is 0 Å². The van der Waals surface area contributed by atoms with E-state index < -0.39 is 0 Å². The Morgan fingerprint density at radius 1 is 1.23 bits per heavy atom. The summed E-state index contributed by atoms with van der Waals surface area (Å²) in [6, 6.07) is 12.6. The lowest BCUT2D eigenvalue weighted by Gasteiger charge is -2.22. The maximum atomic E-state index is 12.8. The Morgan fingerprint density at radius 3 is 2.77 bits per heavy atom. The molecule has 112 valence electrons. The van der Waals surface area contributed by atoms with E-state index in [-0.39, 0.29) is 11.9 Å². The van der Waals surface area contributed by atoms with Crippen molar-refractivity contribution < 1.29 is 4.79 Å². The molecule has 1 aliphatic carbocycles. The van der Waals surface area contributed by atoms with Gasteiger partial charge in [-0.2, -0.15) is 0 Å². The van der Waals surface area contributed by atoms with Gasteiger partial charge in [0.1, 0.15) is 5.69 Å². The summed E-state index contributed by atoms with van der Waals surface area (Å²) in [5, 5.41) is 3.39. The molecule has 1 amide bonds. The lowest BCUT2D eigenvalue weighted by molar-refractivity contribution is 0.0976. The molecule has 1 aromatic heterocycles. The standard InChI is InChI=1S/C18H19N3O/c1-12-10-13-4-2-3-5-17(13)21(12)18(22)16-9-8-15(11-19-16)20-14-6-7-14/h2-5,8-9,11-12,14,20H,6-7,10H2,1H3. The number of hydrogen-bond donors (Lipinski definition) is 1. The maximum absolute atomic E-state index is 12.8. The van der Waals surface area contributed by atoms with E-state index in [4.69, 9.17) is 0 Å². The van der Waals surface area contributed by atoms with Gasteiger partial charge < -0.3 is 10.2 Å². The second-order valence-electron chi connectivity index (χ2n) is 6.21. The molecule has 1 atom stereocenters. The molecule has 0 saturated heterocycles. The van der Waals surface area contributed by atoms with Gasteiger partial charge in [-0.1, -0.05) is 18.2 Å². The molecular formula is C18H19N3O. The summed E-state index contributed by atoms with van der Waals surface area (Å²) in [4.78, 5) is 19.0. The number of hydrogen-bond acceptors (Lipinski definition) is 3. The normalized spacial score (nSPS) is 19.9. The molecule has 4 heteroatoms. The van der Waals surface area contributed by atoms with E-state index in [9.17, 15) is 4.79 Å². The van der Waals surface area contributed by atoms with E-state index in [0.717, 1.165) is 17.8 Å². The number of rotatable bonds is 3. The molecule has 0 radical (unpaired) electrons. The Bertz CT molecular complexity index is 707. The Hall–Kier alpha value is -2.36. The number of carbonyl (C=O) groups is 1. The van der Waals surface area contributed by atoms with Crippen molar-refractivity contribution >= 4 is 17.3 Å². The molecule has 1 aliphatic heterocycles. The minimum absolute atomic E-state index is 0.0181. The Labute approximate surface area is 130 Å². The fourth-order valence-electron chi connectivity index (χ4n) is 3.07.